The van der Waals surface area contributed by atoms with Gasteiger partial charge in [-0.25, -0.2) is 9.97 Å². The summed E-state index contributed by atoms with van der Waals surface area (Å²) >= 11 is 0. The Hall–Kier alpha value is -1.42. The number of aromatic nitrogens is 3. The molecule has 1 aliphatic rings. The lowest BCUT2D eigenvalue weighted by Gasteiger charge is -2.01. The van der Waals surface area contributed by atoms with Gasteiger partial charge in [0.15, 0.2) is 0 Å². The molecule has 1 fully saturated rings. The molecule has 3 rings (SSSR count). The Morgan fingerprint density at radius 1 is 1.38 bits per heavy atom. The molecule has 84 valence electrons. The summed E-state index contributed by atoms with van der Waals surface area (Å²) in [5.41, 5.74) is 3.25. The predicted molar refractivity (Wildman–Crippen MR) is 62.7 cm³/mol. The molecule has 0 aliphatic carbocycles. The molecule has 3 heterocycles. The van der Waals surface area contributed by atoms with Crippen LogP contribution in [0.4, 0.5) is 0 Å². The van der Waals surface area contributed by atoms with Gasteiger partial charge >= 0.3 is 0 Å². The molecule has 1 aliphatic heterocycles. The Morgan fingerprint density at radius 3 is 3.00 bits per heavy atom. The minimum Gasteiger partial charge on any atom is -0.316 e. The Bertz CT molecular complexity index is 523. The molecule has 4 nitrogen and oxygen atoms in total. The summed E-state index contributed by atoms with van der Waals surface area (Å²) < 4.78 is 2.08. The fourth-order valence-corrected chi connectivity index (χ4v) is 2.41. The largest absolute Gasteiger partial charge is 0.316 e. The van der Waals surface area contributed by atoms with Gasteiger partial charge in [-0.05, 0) is 26.8 Å². The van der Waals surface area contributed by atoms with Gasteiger partial charge in [-0.2, -0.15) is 0 Å². The first-order chi connectivity index (χ1) is 7.74. The highest BCUT2D eigenvalue weighted by Crippen LogP contribution is 2.22. The average molecular weight is 216 g/mol. The Balaban J connectivity index is 2.11. The second-order valence-corrected chi connectivity index (χ2v) is 4.53. The molecule has 0 bridgehead atoms. The van der Waals surface area contributed by atoms with Crippen LogP contribution in [0.1, 0.15) is 29.6 Å². The van der Waals surface area contributed by atoms with Crippen LogP contribution in [0.25, 0.3) is 5.65 Å². The van der Waals surface area contributed by atoms with Crippen molar-refractivity contribution in [3.05, 3.63) is 29.5 Å². The zero-order valence-electron chi connectivity index (χ0n) is 9.70. The highest BCUT2D eigenvalue weighted by molar-refractivity contribution is 5.42. The van der Waals surface area contributed by atoms with Crippen molar-refractivity contribution in [2.45, 2.75) is 26.2 Å². The van der Waals surface area contributed by atoms with Crippen LogP contribution in [0.2, 0.25) is 0 Å². The molecule has 1 saturated heterocycles. The monoisotopic (exact) mass is 216 g/mol. The van der Waals surface area contributed by atoms with Crippen molar-refractivity contribution in [2.75, 3.05) is 13.1 Å². The number of hydrogen-bond acceptors (Lipinski definition) is 3. The molecule has 0 amide bonds. The summed E-state index contributed by atoms with van der Waals surface area (Å²) in [4.78, 5) is 9.15. The smallest absolute Gasteiger partial charge is 0.140 e. The SMILES string of the molecule is Cc1cc2nc(C3CCNC3)cn2c(C)n1. The lowest BCUT2D eigenvalue weighted by molar-refractivity contribution is 0.741. The molecule has 1 atom stereocenters. The lowest BCUT2D eigenvalue weighted by Crippen LogP contribution is -2.08. The maximum absolute atomic E-state index is 4.70. The van der Waals surface area contributed by atoms with Crippen molar-refractivity contribution in [3.8, 4) is 0 Å². The van der Waals surface area contributed by atoms with E-state index >= 15 is 0 Å². The summed E-state index contributed by atoms with van der Waals surface area (Å²) in [5.74, 6) is 1.58. The zero-order valence-corrected chi connectivity index (χ0v) is 9.70. The van der Waals surface area contributed by atoms with Crippen LogP contribution in [-0.2, 0) is 0 Å². The van der Waals surface area contributed by atoms with E-state index in [-0.39, 0.29) is 0 Å². The van der Waals surface area contributed by atoms with Gasteiger partial charge in [-0.1, -0.05) is 0 Å². The Morgan fingerprint density at radius 2 is 2.25 bits per heavy atom. The van der Waals surface area contributed by atoms with E-state index in [1.807, 2.05) is 19.9 Å². The minimum atomic E-state index is 0.569. The molecule has 0 spiro atoms. The standard InChI is InChI=1S/C12H16N4/c1-8-5-12-15-11(10-3-4-13-6-10)7-16(12)9(2)14-8/h5,7,10,13H,3-4,6H2,1-2H3. The number of rotatable bonds is 1. The molecule has 2 aromatic heterocycles. The Labute approximate surface area is 94.7 Å². The molecule has 0 saturated carbocycles. The van der Waals surface area contributed by atoms with Crippen LogP contribution in [0, 0.1) is 13.8 Å². The molecule has 1 unspecified atom stereocenters. The van der Waals surface area contributed by atoms with Crippen molar-refractivity contribution in [2.24, 2.45) is 0 Å². The first-order valence-corrected chi connectivity index (χ1v) is 5.78. The summed E-state index contributed by atoms with van der Waals surface area (Å²) in [7, 11) is 0. The highest BCUT2D eigenvalue weighted by Gasteiger charge is 2.19. The van der Waals surface area contributed by atoms with Gasteiger partial charge in [0.2, 0.25) is 0 Å². The minimum absolute atomic E-state index is 0.569. The summed E-state index contributed by atoms with van der Waals surface area (Å²) in [6, 6.07) is 2.04. The third kappa shape index (κ3) is 1.50. The van der Waals surface area contributed by atoms with Crippen LogP contribution >= 0.6 is 0 Å². The average Bonchev–Trinajstić information content (AvgIpc) is 2.82. The molecule has 0 radical (unpaired) electrons. The third-order valence-corrected chi connectivity index (χ3v) is 3.26. The number of nitrogens with one attached hydrogen (secondary N) is 1. The van der Waals surface area contributed by atoms with Crippen molar-refractivity contribution in [1.29, 1.82) is 0 Å². The normalized spacial score (nSPS) is 20.8. The lowest BCUT2D eigenvalue weighted by atomic mass is 10.1. The van der Waals surface area contributed by atoms with Crippen LogP contribution in [0.3, 0.4) is 0 Å². The summed E-state index contributed by atoms with van der Waals surface area (Å²) in [6.07, 6.45) is 3.32. The zero-order chi connectivity index (χ0) is 11.1. The number of aryl methyl sites for hydroxylation is 2. The topological polar surface area (TPSA) is 42.2 Å². The third-order valence-electron chi connectivity index (χ3n) is 3.26. The quantitative estimate of drug-likeness (QED) is 0.784. The maximum Gasteiger partial charge on any atom is 0.140 e. The molecule has 16 heavy (non-hydrogen) atoms. The number of hydrogen-bond donors (Lipinski definition) is 1. The van der Waals surface area contributed by atoms with Crippen LogP contribution in [-0.4, -0.2) is 27.5 Å². The first kappa shape index (κ1) is 9.78. The number of fused-ring (bicyclic) bond motifs is 1. The van der Waals surface area contributed by atoms with Gasteiger partial charge in [0.1, 0.15) is 11.5 Å². The predicted octanol–water partition coefficient (Wildman–Crippen LogP) is 1.42. The molecule has 2 aromatic rings. The molecular formula is C12H16N4. The summed E-state index contributed by atoms with van der Waals surface area (Å²) in [6.45, 7) is 6.20. The van der Waals surface area contributed by atoms with E-state index in [0.29, 0.717) is 5.92 Å². The van der Waals surface area contributed by atoms with Gasteiger partial charge < -0.3 is 5.32 Å². The van der Waals surface area contributed by atoms with E-state index < -0.39 is 0 Å². The van der Waals surface area contributed by atoms with Crippen LogP contribution < -0.4 is 5.32 Å². The van der Waals surface area contributed by atoms with Gasteiger partial charge in [-0.3, -0.25) is 4.40 Å². The van der Waals surface area contributed by atoms with Gasteiger partial charge in [0, 0.05) is 30.4 Å². The fourth-order valence-electron chi connectivity index (χ4n) is 2.41. The van der Waals surface area contributed by atoms with Crippen LogP contribution in [0.5, 0.6) is 0 Å². The van der Waals surface area contributed by atoms with E-state index in [2.05, 4.69) is 20.9 Å². The van der Waals surface area contributed by atoms with E-state index in [9.17, 15) is 0 Å². The highest BCUT2D eigenvalue weighted by atomic mass is 15.1. The maximum atomic E-state index is 4.70. The van der Waals surface area contributed by atoms with Crippen molar-refractivity contribution < 1.29 is 0 Å². The van der Waals surface area contributed by atoms with Gasteiger partial charge in [-0.15, -0.1) is 0 Å². The molecular weight excluding hydrogens is 200 g/mol. The van der Waals surface area contributed by atoms with Gasteiger partial charge in [0.25, 0.3) is 0 Å². The molecule has 4 heteroatoms. The van der Waals surface area contributed by atoms with E-state index in [4.69, 9.17) is 4.98 Å². The van der Waals surface area contributed by atoms with E-state index in [1.165, 1.54) is 12.1 Å². The second-order valence-electron chi connectivity index (χ2n) is 4.53. The number of nitrogens with zero attached hydrogens (tertiary/aromatic N) is 3. The van der Waals surface area contributed by atoms with E-state index in [0.717, 1.165) is 30.3 Å². The molecule has 0 aromatic carbocycles. The second kappa shape index (κ2) is 3.56. The number of imidazole rings is 1. The first-order valence-electron chi connectivity index (χ1n) is 5.78. The van der Waals surface area contributed by atoms with Crippen molar-refractivity contribution in [1.82, 2.24) is 19.7 Å². The van der Waals surface area contributed by atoms with Gasteiger partial charge in [0.05, 0.1) is 5.69 Å². The fraction of sp³-hybridized carbons (Fsp3) is 0.500. The molecule has 1 N–H and O–H groups in total. The van der Waals surface area contributed by atoms with Crippen molar-refractivity contribution >= 4 is 5.65 Å². The van der Waals surface area contributed by atoms with Crippen LogP contribution in [0.15, 0.2) is 12.3 Å². The Kier molecular flexibility index (Phi) is 2.17. The van der Waals surface area contributed by atoms with Crippen molar-refractivity contribution in [3.63, 3.8) is 0 Å². The van der Waals surface area contributed by atoms with E-state index in [1.54, 1.807) is 0 Å². The summed E-state index contributed by atoms with van der Waals surface area (Å²) in [5, 5.41) is 3.38.